The summed E-state index contributed by atoms with van der Waals surface area (Å²) in [6.07, 6.45) is 2.38. The van der Waals surface area contributed by atoms with Crippen molar-refractivity contribution in [2.75, 3.05) is 23.3 Å². The SMILES string of the molecule is Cc1ccc(NC(=O)c2cc(C)nc(N3CCCC(C)C3)n2)cc1. The van der Waals surface area contributed by atoms with Crippen molar-refractivity contribution >= 4 is 17.5 Å². The molecule has 1 unspecified atom stereocenters. The van der Waals surface area contributed by atoms with Crippen molar-refractivity contribution in [2.24, 2.45) is 5.92 Å². The smallest absolute Gasteiger partial charge is 0.274 e. The van der Waals surface area contributed by atoms with Gasteiger partial charge in [-0.1, -0.05) is 24.6 Å². The van der Waals surface area contributed by atoms with E-state index in [1.165, 1.54) is 6.42 Å². The van der Waals surface area contributed by atoms with E-state index in [9.17, 15) is 4.79 Å². The molecule has 2 aromatic rings. The van der Waals surface area contributed by atoms with Gasteiger partial charge in [0.15, 0.2) is 0 Å². The molecule has 1 N–H and O–H groups in total. The molecule has 0 saturated carbocycles. The van der Waals surface area contributed by atoms with Crippen molar-refractivity contribution in [2.45, 2.75) is 33.6 Å². The third kappa shape index (κ3) is 3.91. The lowest BCUT2D eigenvalue weighted by molar-refractivity contribution is 0.102. The Morgan fingerprint density at radius 3 is 2.67 bits per heavy atom. The summed E-state index contributed by atoms with van der Waals surface area (Å²) in [7, 11) is 0. The first-order valence-electron chi connectivity index (χ1n) is 8.50. The van der Waals surface area contributed by atoms with Crippen LogP contribution in [0.1, 0.15) is 41.5 Å². The molecule has 0 aliphatic carbocycles. The minimum Gasteiger partial charge on any atom is -0.341 e. The van der Waals surface area contributed by atoms with Crippen molar-refractivity contribution in [3.63, 3.8) is 0 Å². The van der Waals surface area contributed by atoms with Gasteiger partial charge < -0.3 is 10.2 Å². The maximum atomic E-state index is 12.5. The number of hydrogen-bond acceptors (Lipinski definition) is 4. The van der Waals surface area contributed by atoms with E-state index >= 15 is 0 Å². The van der Waals surface area contributed by atoms with Crippen LogP contribution in [0.15, 0.2) is 30.3 Å². The van der Waals surface area contributed by atoms with E-state index in [4.69, 9.17) is 0 Å². The third-order valence-corrected chi connectivity index (χ3v) is 4.32. The van der Waals surface area contributed by atoms with Crippen LogP contribution in [0.4, 0.5) is 11.6 Å². The van der Waals surface area contributed by atoms with E-state index in [-0.39, 0.29) is 5.91 Å². The fraction of sp³-hybridized carbons (Fsp3) is 0.421. The Hall–Kier alpha value is -2.43. The first-order chi connectivity index (χ1) is 11.5. The summed E-state index contributed by atoms with van der Waals surface area (Å²) >= 11 is 0. The van der Waals surface area contributed by atoms with Gasteiger partial charge in [0.2, 0.25) is 5.95 Å². The maximum Gasteiger partial charge on any atom is 0.274 e. The Bertz CT molecular complexity index is 727. The zero-order valence-corrected chi connectivity index (χ0v) is 14.5. The second-order valence-electron chi connectivity index (χ2n) is 6.71. The van der Waals surface area contributed by atoms with Gasteiger partial charge in [0.1, 0.15) is 5.69 Å². The van der Waals surface area contributed by atoms with Gasteiger partial charge in [-0.05, 0) is 50.8 Å². The number of rotatable bonds is 3. The van der Waals surface area contributed by atoms with Gasteiger partial charge in [0.25, 0.3) is 5.91 Å². The van der Waals surface area contributed by atoms with Crippen LogP contribution in [0.25, 0.3) is 0 Å². The molecule has 1 aromatic heterocycles. The number of aromatic nitrogens is 2. The lowest BCUT2D eigenvalue weighted by Crippen LogP contribution is -2.36. The number of carbonyl (C=O) groups excluding carboxylic acids is 1. The summed E-state index contributed by atoms with van der Waals surface area (Å²) < 4.78 is 0. The van der Waals surface area contributed by atoms with E-state index < -0.39 is 0 Å². The predicted molar refractivity (Wildman–Crippen MR) is 96.5 cm³/mol. The van der Waals surface area contributed by atoms with Crippen molar-refractivity contribution in [3.05, 3.63) is 47.3 Å². The van der Waals surface area contributed by atoms with Gasteiger partial charge in [-0.3, -0.25) is 4.79 Å². The fourth-order valence-electron chi connectivity index (χ4n) is 3.01. The molecular weight excluding hydrogens is 300 g/mol. The normalized spacial score (nSPS) is 17.6. The quantitative estimate of drug-likeness (QED) is 0.937. The molecule has 0 spiro atoms. The molecule has 0 radical (unpaired) electrons. The highest BCUT2D eigenvalue weighted by molar-refractivity contribution is 6.03. The Labute approximate surface area is 143 Å². The Balaban J connectivity index is 1.79. The summed E-state index contributed by atoms with van der Waals surface area (Å²) in [4.78, 5) is 23.8. The largest absolute Gasteiger partial charge is 0.341 e. The summed E-state index contributed by atoms with van der Waals surface area (Å²) in [6, 6.07) is 9.48. The molecule has 1 aromatic carbocycles. The summed E-state index contributed by atoms with van der Waals surface area (Å²) in [5.74, 6) is 1.10. The number of benzene rings is 1. The van der Waals surface area contributed by atoms with Crippen LogP contribution in [0, 0.1) is 19.8 Å². The number of piperidine rings is 1. The number of carbonyl (C=O) groups is 1. The van der Waals surface area contributed by atoms with Crippen molar-refractivity contribution < 1.29 is 4.79 Å². The molecular formula is C19H24N4O. The number of anilines is 2. The second-order valence-corrected chi connectivity index (χ2v) is 6.71. The Morgan fingerprint density at radius 2 is 1.96 bits per heavy atom. The summed E-state index contributed by atoms with van der Waals surface area (Å²) in [6.45, 7) is 8.06. The molecule has 5 heteroatoms. The van der Waals surface area contributed by atoms with Crippen LogP contribution in [0.3, 0.4) is 0 Å². The average molecular weight is 324 g/mol. The number of nitrogens with one attached hydrogen (secondary N) is 1. The van der Waals surface area contributed by atoms with Gasteiger partial charge >= 0.3 is 0 Å². The van der Waals surface area contributed by atoms with Gasteiger partial charge in [-0.25, -0.2) is 9.97 Å². The molecule has 24 heavy (non-hydrogen) atoms. The van der Waals surface area contributed by atoms with E-state index in [2.05, 4.69) is 27.1 Å². The topological polar surface area (TPSA) is 58.1 Å². The molecule has 1 aliphatic rings. The molecule has 126 valence electrons. The van der Waals surface area contributed by atoms with Crippen LogP contribution in [-0.2, 0) is 0 Å². The summed E-state index contributed by atoms with van der Waals surface area (Å²) in [5, 5.41) is 2.90. The first-order valence-corrected chi connectivity index (χ1v) is 8.50. The third-order valence-electron chi connectivity index (χ3n) is 4.32. The average Bonchev–Trinajstić information content (AvgIpc) is 2.56. The Morgan fingerprint density at radius 1 is 1.21 bits per heavy atom. The Kier molecular flexibility index (Phi) is 4.79. The monoisotopic (exact) mass is 324 g/mol. The summed E-state index contributed by atoms with van der Waals surface area (Å²) in [5.41, 5.74) is 3.16. The van der Waals surface area contributed by atoms with E-state index in [0.717, 1.165) is 36.5 Å². The highest BCUT2D eigenvalue weighted by Gasteiger charge is 2.20. The molecule has 3 rings (SSSR count). The van der Waals surface area contributed by atoms with Crippen molar-refractivity contribution in [1.29, 1.82) is 0 Å². The van der Waals surface area contributed by atoms with Gasteiger partial charge in [0, 0.05) is 24.5 Å². The molecule has 1 amide bonds. The zero-order valence-electron chi connectivity index (χ0n) is 14.5. The molecule has 5 nitrogen and oxygen atoms in total. The lowest BCUT2D eigenvalue weighted by Gasteiger charge is -2.31. The number of amides is 1. The van der Waals surface area contributed by atoms with Crippen LogP contribution in [0.2, 0.25) is 0 Å². The predicted octanol–water partition coefficient (Wildman–Crippen LogP) is 3.58. The van der Waals surface area contributed by atoms with Gasteiger partial charge in [0.05, 0.1) is 0 Å². The highest BCUT2D eigenvalue weighted by atomic mass is 16.1. The maximum absolute atomic E-state index is 12.5. The molecule has 1 saturated heterocycles. The van der Waals surface area contributed by atoms with Crippen molar-refractivity contribution in [3.8, 4) is 0 Å². The standard InChI is InChI=1S/C19H24N4O/c1-13-6-8-16(9-7-13)21-18(24)17-11-15(3)20-19(22-17)23-10-4-5-14(2)12-23/h6-9,11,14H,4-5,10,12H2,1-3H3,(H,21,24). The molecule has 2 heterocycles. The van der Waals surface area contributed by atoms with Gasteiger partial charge in [-0.15, -0.1) is 0 Å². The number of hydrogen-bond donors (Lipinski definition) is 1. The first kappa shape index (κ1) is 16.4. The molecule has 1 fully saturated rings. The molecule has 0 bridgehead atoms. The minimum absolute atomic E-state index is 0.198. The van der Waals surface area contributed by atoms with Crippen LogP contribution >= 0.6 is 0 Å². The zero-order chi connectivity index (χ0) is 17.1. The molecule has 1 atom stereocenters. The minimum atomic E-state index is -0.198. The lowest BCUT2D eigenvalue weighted by atomic mass is 10.0. The van der Waals surface area contributed by atoms with Crippen LogP contribution in [-0.4, -0.2) is 29.0 Å². The fourth-order valence-corrected chi connectivity index (χ4v) is 3.01. The van der Waals surface area contributed by atoms with E-state index in [1.807, 2.05) is 38.1 Å². The molecule has 1 aliphatic heterocycles. The number of aryl methyl sites for hydroxylation is 2. The van der Waals surface area contributed by atoms with E-state index in [1.54, 1.807) is 6.07 Å². The van der Waals surface area contributed by atoms with Crippen LogP contribution < -0.4 is 10.2 Å². The van der Waals surface area contributed by atoms with Gasteiger partial charge in [-0.2, -0.15) is 0 Å². The second kappa shape index (κ2) is 6.99. The van der Waals surface area contributed by atoms with Crippen molar-refractivity contribution in [1.82, 2.24) is 9.97 Å². The number of nitrogens with zero attached hydrogens (tertiary/aromatic N) is 3. The van der Waals surface area contributed by atoms with E-state index in [0.29, 0.717) is 17.6 Å². The highest BCUT2D eigenvalue weighted by Crippen LogP contribution is 2.21. The van der Waals surface area contributed by atoms with Crippen LogP contribution in [0.5, 0.6) is 0 Å².